The molecule has 0 spiro atoms. The summed E-state index contributed by atoms with van der Waals surface area (Å²) in [6.45, 7) is 2.75. The van der Waals surface area contributed by atoms with Crippen LogP contribution in [0.4, 0.5) is 5.69 Å². The van der Waals surface area contributed by atoms with Crippen LogP contribution in [0, 0.1) is 0 Å². The molecule has 1 rings (SSSR count). The smallest absolute Gasteiger partial charge is 0.423 e. The van der Waals surface area contributed by atoms with Gasteiger partial charge in [0, 0.05) is 12.2 Å². The lowest BCUT2D eigenvalue weighted by Crippen LogP contribution is -2.30. The molecule has 0 aliphatic carbocycles. The second-order valence-corrected chi connectivity index (χ2v) is 7.71. The molecule has 0 aliphatic rings. The van der Waals surface area contributed by atoms with Gasteiger partial charge in [-0.25, -0.2) is 0 Å². The molecular weight excluding hydrogens is 337 g/mol. The standard InChI is InChI=1S/C22H40BNO3/c1-2-3-4-5-6-7-8-9-10-11-12-13-17-22(25)19-24-21-16-14-15-20(18-21)23(26)27/h14-16,18,22,24-27H,2-13,17,19H2,1H3. The summed E-state index contributed by atoms with van der Waals surface area (Å²) >= 11 is 0. The average molecular weight is 377 g/mol. The maximum Gasteiger partial charge on any atom is 0.488 e. The minimum absolute atomic E-state index is 0.365. The molecule has 0 aliphatic heterocycles. The van der Waals surface area contributed by atoms with E-state index in [9.17, 15) is 15.2 Å². The maximum absolute atomic E-state index is 10.1. The number of hydrogen-bond donors (Lipinski definition) is 4. The number of benzene rings is 1. The normalized spacial score (nSPS) is 12.1. The van der Waals surface area contributed by atoms with Gasteiger partial charge in [0.25, 0.3) is 0 Å². The highest BCUT2D eigenvalue weighted by Gasteiger charge is 2.11. The van der Waals surface area contributed by atoms with Crippen LogP contribution in [0.1, 0.15) is 90.4 Å². The molecule has 4 N–H and O–H groups in total. The van der Waals surface area contributed by atoms with Crippen molar-refractivity contribution in [3.8, 4) is 0 Å². The predicted octanol–water partition coefficient (Wildman–Crippen LogP) is 4.23. The van der Waals surface area contributed by atoms with Gasteiger partial charge in [0.15, 0.2) is 0 Å². The molecule has 0 heterocycles. The van der Waals surface area contributed by atoms with Crippen LogP contribution in [0.5, 0.6) is 0 Å². The Labute approximate surface area is 166 Å². The molecule has 0 fully saturated rings. The lowest BCUT2D eigenvalue weighted by molar-refractivity contribution is 0.173. The molecule has 1 aromatic rings. The fraction of sp³-hybridized carbons (Fsp3) is 0.727. The highest BCUT2D eigenvalue weighted by molar-refractivity contribution is 6.58. The number of aliphatic hydroxyl groups is 1. The molecule has 1 unspecified atom stereocenters. The Kier molecular flexibility index (Phi) is 14.2. The van der Waals surface area contributed by atoms with Crippen LogP contribution in [0.15, 0.2) is 24.3 Å². The molecule has 0 amide bonds. The number of nitrogens with one attached hydrogen (secondary N) is 1. The fourth-order valence-electron chi connectivity index (χ4n) is 3.37. The van der Waals surface area contributed by atoms with Gasteiger partial charge in [-0.3, -0.25) is 0 Å². The highest BCUT2D eigenvalue weighted by atomic mass is 16.4. The van der Waals surface area contributed by atoms with Crippen molar-refractivity contribution in [2.24, 2.45) is 0 Å². The summed E-state index contributed by atoms with van der Waals surface area (Å²) in [5, 5.41) is 31.6. The quantitative estimate of drug-likeness (QED) is 0.242. The van der Waals surface area contributed by atoms with Crippen LogP contribution in [0.2, 0.25) is 0 Å². The predicted molar refractivity (Wildman–Crippen MR) is 116 cm³/mol. The number of anilines is 1. The summed E-state index contributed by atoms with van der Waals surface area (Å²) in [4.78, 5) is 0. The van der Waals surface area contributed by atoms with Crippen LogP contribution < -0.4 is 10.8 Å². The monoisotopic (exact) mass is 377 g/mol. The molecule has 0 aromatic heterocycles. The van der Waals surface area contributed by atoms with Gasteiger partial charge in [-0.2, -0.15) is 0 Å². The Hall–Kier alpha value is -1.04. The van der Waals surface area contributed by atoms with Crippen molar-refractivity contribution in [2.75, 3.05) is 11.9 Å². The van der Waals surface area contributed by atoms with E-state index in [-0.39, 0.29) is 6.10 Å². The number of hydrogen-bond acceptors (Lipinski definition) is 4. The Balaban J connectivity index is 1.94. The van der Waals surface area contributed by atoms with Gasteiger partial charge in [-0.1, -0.05) is 96.1 Å². The molecule has 0 saturated carbocycles. The molecule has 1 aromatic carbocycles. The molecule has 154 valence electrons. The van der Waals surface area contributed by atoms with Gasteiger partial charge in [0.2, 0.25) is 0 Å². The molecule has 27 heavy (non-hydrogen) atoms. The van der Waals surface area contributed by atoms with Crippen molar-refractivity contribution in [3.63, 3.8) is 0 Å². The van der Waals surface area contributed by atoms with Crippen molar-refractivity contribution in [1.29, 1.82) is 0 Å². The number of aliphatic hydroxyl groups excluding tert-OH is 1. The van der Waals surface area contributed by atoms with Gasteiger partial charge < -0.3 is 20.5 Å². The largest absolute Gasteiger partial charge is 0.488 e. The van der Waals surface area contributed by atoms with Gasteiger partial charge in [0.05, 0.1) is 6.10 Å². The second kappa shape index (κ2) is 16.0. The molecule has 0 saturated heterocycles. The molecule has 0 bridgehead atoms. The van der Waals surface area contributed by atoms with Crippen LogP contribution in [0.25, 0.3) is 0 Å². The Morgan fingerprint density at radius 2 is 1.41 bits per heavy atom. The van der Waals surface area contributed by atoms with Gasteiger partial charge in [-0.15, -0.1) is 0 Å². The van der Waals surface area contributed by atoms with E-state index in [4.69, 9.17) is 0 Å². The Bertz CT molecular complexity index is 471. The minimum Gasteiger partial charge on any atom is -0.423 e. The Morgan fingerprint density at radius 3 is 1.96 bits per heavy atom. The summed E-state index contributed by atoms with van der Waals surface area (Å²) in [6, 6.07) is 7.00. The first-order valence-electron chi connectivity index (χ1n) is 11.0. The van der Waals surface area contributed by atoms with Crippen LogP contribution >= 0.6 is 0 Å². The van der Waals surface area contributed by atoms with E-state index in [1.807, 2.05) is 6.07 Å². The summed E-state index contributed by atoms with van der Waals surface area (Å²) in [5.41, 5.74) is 1.25. The van der Waals surface area contributed by atoms with E-state index in [1.165, 1.54) is 70.6 Å². The molecule has 4 nitrogen and oxygen atoms in total. The molecule has 0 radical (unpaired) electrons. The van der Waals surface area contributed by atoms with Crippen LogP contribution in [-0.2, 0) is 0 Å². The minimum atomic E-state index is -1.46. The van der Waals surface area contributed by atoms with E-state index in [1.54, 1.807) is 18.2 Å². The van der Waals surface area contributed by atoms with Crippen molar-refractivity contribution < 1.29 is 15.2 Å². The van der Waals surface area contributed by atoms with Crippen molar-refractivity contribution in [1.82, 2.24) is 0 Å². The van der Waals surface area contributed by atoms with E-state index < -0.39 is 7.12 Å². The topological polar surface area (TPSA) is 72.7 Å². The van der Waals surface area contributed by atoms with Gasteiger partial charge in [-0.05, 0) is 24.0 Å². The number of unbranched alkanes of at least 4 members (excludes halogenated alkanes) is 11. The van der Waals surface area contributed by atoms with E-state index in [0.29, 0.717) is 12.0 Å². The van der Waals surface area contributed by atoms with Crippen molar-refractivity contribution >= 4 is 18.3 Å². The third kappa shape index (κ3) is 12.9. The zero-order chi connectivity index (χ0) is 19.7. The first-order chi connectivity index (χ1) is 13.1. The first kappa shape index (κ1) is 24.0. The SMILES string of the molecule is CCCCCCCCCCCCCCC(O)CNc1cccc(B(O)O)c1. The maximum atomic E-state index is 10.1. The highest BCUT2D eigenvalue weighted by Crippen LogP contribution is 2.13. The lowest BCUT2D eigenvalue weighted by Gasteiger charge is -2.13. The molecule has 5 heteroatoms. The molecular formula is C22H40BNO3. The third-order valence-corrected chi connectivity index (χ3v) is 5.12. The fourth-order valence-corrected chi connectivity index (χ4v) is 3.37. The average Bonchev–Trinajstić information content (AvgIpc) is 2.67. The summed E-state index contributed by atoms with van der Waals surface area (Å²) in [6.07, 6.45) is 16.3. The summed E-state index contributed by atoms with van der Waals surface area (Å²) in [5.74, 6) is 0. The molecule has 1 atom stereocenters. The second-order valence-electron chi connectivity index (χ2n) is 7.71. The van der Waals surface area contributed by atoms with Crippen LogP contribution in [-0.4, -0.2) is 34.9 Å². The Morgan fingerprint density at radius 1 is 0.852 bits per heavy atom. The zero-order valence-electron chi connectivity index (χ0n) is 17.2. The van der Waals surface area contributed by atoms with Gasteiger partial charge in [0.1, 0.15) is 0 Å². The number of rotatable bonds is 17. The van der Waals surface area contributed by atoms with Crippen LogP contribution in [0.3, 0.4) is 0 Å². The van der Waals surface area contributed by atoms with E-state index >= 15 is 0 Å². The van der Waals surface area contributed by atoms with E-state index in [0.717, 1.165) is 18.5 Å². The van der Waals surface area contributed by atoms with Crippen molar-refractivity contribution in [3.05, 3.63) is 24.3 Å². The third-order valence-electron chi connectivity index (χ3n) is 5.12. The summed E-state index contributed by atoms with van der Waals surface area (Å²) < 4.78 is 0. The first-order valence-corrected chi connectivity index (χ1v) is 11.0. The van der Waals surface area contributed by atoms with E-state index in [2.05, 4.69) is 12.2 Å². The zero-order valence-corrected chi connectivity index (χ0v) is 17.2. The van der Waals surface area contributed by atoms with Crippen molar-refractivity contribution in [2.45, 2.75) is 96.5 Å². The lowest BCUT2D eigenvalue weighted by atomic mass is 9.80. The summed E-state index contributed by atoms with van der Waals surface area (Å²) in [7, 11) is -1.46. The van der Waals surface area contributed by atoms with Gasteiger partial charge >= 0.3 is 7.12 Å².